The molecule has 0 spiro atoms. The molecule has 2 N–H and O–H groups in total. The molecule has 0 bridgehead atoms. The maximum Gasteiger partial charge on any atom is 0.346 e. The van der Waals surface area contributed by atoms with Crippen molar-refractivity contribution in [3.63, 3.8) is 0 Å². The van der Waals surface area contributed by atoms with Gasteiger partial charge in [-0.05, 0) is 13.0 Å². The minimum atomic E-state index is -3.60. The van der Waals surface area contributed by atoms with Gasteiger partial charge in [0.2, 0.25) is 0 Å². The molecule has 4 nitrogen and oxygen atoms in total. The van der Waals surface area contributed by atoms with E-state index in [1.807, 2.05) is 0 Å². The van der Waals surface area contributed by atoms with E-state index in [2.05, 4.69) is 4.52 Å². The highest BCUT2D eigenvalue weighted by Crippen LogP contribution is 2.52. The van der Waals surface area contributed by atoms with Crippen LogP contribution >= 0.6 is 8.03 Å². The molecule has 90 valence electrons. The van der Waals surface area contributed by atoms with Crippen molar-refractivity contribution in [1.29, 1.82) is 0 Å². The summed E-state index contributed by atoms with van der Waals surface area (Å²) >= 11 is 0. The van der Waals surface area contributed by atoms with Gasteiger partial charge in [-0.25, -0.2) is 0 Å². The van der Waals surface area contributed by atoms with E-state index < -0.39 is 19.3 Å². The van der Waals surface area contributed by atoms with Crippen LogP contribution in [0.4, 0.5) is 14.5 Å². The van der Waals surface area contributed by atoms with E-state index in [0.717, 1.165) is 6.07 Å². The van der Waals surface area contributed by atoms with E-state index in [0.29, 0.717) is 0 Å². The molecule has 1 unspecified atom stereocenters. The number of halogens is 2. The average Bonchev–Trinajstić information content (AvgIpc) is 2.29. The zero-order chi connectivity index (χ0) is 12.2. The number of nitrogens with one attached hydrogen (secondary N) is 1. The van der Waals surface area contributed by atoms with E-state index >= 15 is 0 Å². The Bertz CT molecular complexity index is 387. The number of hydrogen-bond donors (Lipinski definition) is 2. The van der Waals surface area contributed by atoms with Gasteiger partial charge in [-0.1, -0.05) is 18.2 Å². The second-order valence-electron chi connectivity index (χ2n) is 2.95. The first-order valence-electron chi connectivity index (χ1n) is 4.58. The van der Waals surface area contributed by atoms with Gasteiger partial charge in [0.05, 0.1) is 17.9 Å². The molecule has 0 aliphatic rings. The summed E-state index contributed by atoms with van der Waals surface area (Å²) in [4.78, 5) is 0. The van der Waals surface area contributed by atoms with Crippen LogP contribution in [-0.2, 0) is 14.8 Å². The van der Waals surface area contributed by atoms with E-state index in [9.17, 15) is 13.3 Å². The number of anilines is 1. The number of hydrogen-bond acceptors (Lipinski definition) is 4. The second-order valence-corrected chi connectivity index (χ2v) is 4.44. The Morgan fingerprint density at radius 1 is 1.50 bits per heavy atom. The molecular weight excluding hydrogens is 239 g/mol. The molecule has 0 fully saturated rings. The number of benzene rings is 1. The van der Waals surface area contributed by atoms with Crippen LogP contribution in [0, 0.1) is 0 Å². The summed E-state index contributed by atoms with van der Waals surface area (Å²) in [5.41, 5.74) is -2.70. The lowest BCUT2D eigenvalue weighted by Crippen LogP contribution is -2.12. The average molecular weight is 251 g/mol. The molecule has 0 saturated heterocycles. The largest absolute Gasteiger partial charge is 0.346 e. The summed E-state index contributed by atoms with van der Waals surface area (Å²) in [5, 5.41) is 8.68. The minimum Gasteiger partial charge on any atom is -0.326 e. The van der Waals surface area contributed by atoms with Gasteiger partial charge in [0.25, 0.3) is 8.03 Å². The van der Waals surface area contributed by atoms with Crippen molar-refractivity contribution in [2.45, 2.75) is 12.6 Å². The Kier molecular flexibility index (Phi) is 4.41. The van der Waals surface area contributed by atoms with E-state index in [-0.39, 0.29) is 12.3 Å². The summed E-state index contributed by atoms with van der Waals surface area (Å²) in [6, 6.07) is 5.17. The molecule has 1 atom stereocenters. The van der Waals surface area contributed by atoms with Gasteiger partial charge in [-0.2, -0.15) is 8.78 Å². The third kappa shape index (κ3) is 2.58. The first-order chi connectivity index (χ1) is 7.54. The normalized spacial score (nSPS) is 13.5. The summed E-state index contributed by atoms with van der Waals surface area (Å²) in [6.07, 6.45) is 0. The van der Waals surface area contributed by atoms with Gasteiger partial charge >= 0.3 is 5.66 Å². The Morgan fingerprint density at radius 3 is 2.69 bits per heavy atom. The molecule has 16 heavy (non-hydrogen) atoms. The van der Waals surface area contributed by atoms with Crippen molar-refractivity contribution >= 4 is 13.7 Å². The van der Waals surface area contributed by atoms with E-state index in [1.165, 1.54) is 25.1 Å². The molecule has 7 heteroatoms. The zero-order valence-electron chi connectivity index (χ0n) is 8.54. The fourth-order valence-electron chi connectivity index (χ4n) is 1.19. The van der Waals surface area contributed by atoms with Crippen LogP contribution in [0.1, 0.15) is 12.5 Å². The molecule has 0 heterocycles. The van der Waals surface area contributed by atoms with Crippen molar-refractivity contribution in [3.8, 4) is 0 Å². The van der Waals surface area contributed by atoms with Crippen LogP contribution in [0.5, 0.6) is 0 Å². The Morgan fingerprint density at radius 2 is 2.12 bits per heavy atom. The van der Waals surface area contributed by atoms with Crippen LogP contribution in [0.2, 0.25) is 0 Å². The van der Waals surface area contributed by atoms with Gasteiger partial charge in [0.1, 0.15) is 0 Å². The minimum absolute atomic E-state index is 0.0535. The molecule has 0 aliphatic heterocycles. The van der Waals surface area contributed by atoms with Crippen LogP contribution < -0.4 is 5.48 Å². The molecular formula is C9H12F2NO3P. The molecule has 0 aliphatic carbocycles. The number of para-hydroxylation sites is 1. The fraction of sp³-hybridized carbons (Fsp3) is 0.333. The zero-order valence-corrected chi connectivity index (χ0v) is 9.54. The van der Waals surface area contributed by atoms with Crippen molar-refractivity contribution in [2.24, 2.45) is 0 Å². The SMILES string of the molecule is CCO[PH](=O)C(F)(F)c1ccccc1NO. The first kappa shape index (κ1) is 13.1. The summed E-state index contributed by atoms with van der Waals surface area (Å²) in [7, 11) is -3.54. The van der Waals surface area contributed by atoms with Crippen molar-refractivity contribution in [3.05, 3.63) is 29.8 Å². The lowest BCUT2D eigenvalue weighted by atomic mass is 10.2. The standard InChI is InChI=1S/C9H12F2NO3P/c1-2-15-16(14)9(10,11)7-5-3-4-6-8(7)12-13/h3-6,12-13,16H,2H2,1H3. The highest BCUT2D eigenvalue weighted by molar-refractivity contribution is 7.40. The molecule has 1 aromatic rings. The topological polar surface area (TPSA) is 58.6 Å². The monoisotopic (exact) mass is 251 g/mol. The van der Waals surface area contributed by atoms with Crippen LogP contribution in [0.3, 0.4) is 0 Å². The van der Waals surface area contributed by atoms with Crippen molar-refractivity contribution in [2.75, 3.05) is 12.1 Å². The lowest BCUT2D eigenvalue weighted by Gasteiger charge is -2.18. The van der Waals surface area contributed by atoms with Crippen LogP contribution in [-0.4, -0.2) is 11.8 Å². The third-order valence-electron chi connectivity index (χ3n) is 1.92. The predicted octanol–water partition coefficient (Wildman–Crippen LogP) is 3.05. The van der Waals surface area contributed by atoms with Gasteiger partial charge in [0.15, 0.2) is 0 Å². The van der Waals surface area contributed by atoms with Crippen LogP contribution in [0.15, 0.2) is 24.3 Å². The van der Waals surface area contributed by atoms with Crippen molar-refractivity contribution < 1.29 is 23.1 Å². The Hall–Kier alpha value is -0.970. The Labute approximate surface area is 92.1 Å². The van der Waals surface area contributed by atoms with E-state index in [4.69, 9.17) is 5.21 Å². The first-order valence-corrected chi connectivity index (χ1v) is 5.90. The van der Waals surface area contributed by atoms with Crippen LogP contribution in [0.25, 0.3) is 0 Å². The molecule has 0 saturated carbocycles. The highest BCUT2D eigenvalue weighted by Gasteiger charge is 2.41. The number of alkyl halides is 2. The lowest BCUT2D eigenvalue weighted by molar-refractivity contribution is 0.0751. The van der Waals surface area contributed by atoms with Gasteiger partial charge in [-0.3, -0.25) is 15.3 Å². The quantitative estimate of drug-likeness (QED) is 0.623. The smallest absolute Gasteiger partial charge is 0.326 e. The number of rotatable bonds is 5. The molecule has 0 aromatic heterocycles. The van der Waals surface area contributed by atoms with Gasteiger partial charge in [0, 0.05) is 0 Å². The summed E-state index contributed by atoms with van der Waals surface area (Å²) in [6.45, 7) is 1.43. The maximum atomic E-state index is 13.6. The molecule has 1 aromatic carbocycles. The van der Waals surface area contributed by atoms with Gasteiger partial charge < -0.3 is 4.52 Å². The Balaban J connectivity index is 3.10. The maximum absolute atomic E-state index is 13.6. The third-order valence-corrected chi connectivity index (χ3v) is 3.25. The second kappa shape index (κ2) is 5.39. The van der Waals surface area contributed by atoms with Gasteiger partial charge in [-0.15, -0.1) is 0 Å². The summed E-state index contributed by atoms with van der Waals surface area (Å²) in [5.74, 6) is 0. The van der Waals surface area contributed by atoms with E-state index in [1.54, 1.807) is 5.48 Å². The molecule has 0 radical (unpaired) electrons. The summed E-state index contributed by atoms with van der Waals surface area (Å²) < 4.78 is 43.0. The fourth-order valence-corrected chi connectivity index (χ4v) is 2.07. The predicted molar refractivity (Wildman–Crippen MR) is 56.4 cm³/mol. The molecule has 1 rings (SSSR count). The van der Waals surface area contributed by atoms with Crippen molar-refractivity contribution in [1.82, 2.24) is 0 Å². The molecule has 0 amide bonds. The highest BCUT2D eigenvalue weighted by atomic mass is 31.1.